The summed E-state index contributed by atoms with van der Waals surface area (Å²) in [6.45, 7) is 2.14. The lowest BCUT2D eigenvalue weighted by Gasteiger charge is -2.25. The average Bonchev–Trinajstić information content (AvgIpc) is 3.30. The quantitative estimate of drug-likeness (QED) is 0.347. The Morgan fingerprint density at radius 3 is 2.79 bits per heavy atom. The summed E-state index contributed by atoms with van der Waals surface area (Å²) in [5.41, 5.74) is 2.88. The summed E-state index contributed by atoms with van der Waals surface area (Å²) in [5.74, 6) is -0.855. The summed E-state index contributed by atoms with van der Waals surface area (Å²) in [6, 6.07) is 15.1. The molecule has 6 nitrogen and oxygen atoms in total. The van der Waals surface area contributed by atoms with Crippen LogP contribution in [0.1, 0.15) is 35.2 Å². The molecule has 1 aromatic heterocycles. The number of ketones is 1. The Morgan fingerprint density at radius 2 is 2.03 bits per heavy atom. The van der Waals surface area contributed by atoms with E-state index in [1.807, 2.05) is 19.1 Å². The molecule has 5 rings (SSSR count). The molecule has 0 saturated carbocycles. The average molecular weight is 461 g/mol. The standard InChI is InChI=1S/C26H21ClN2O4/c1-15-10-19-11-18(7-8-21(19)33-15)24(30)22-23(17-5-2-6-20(27)12-17)29(26(32)25(22)31)14-16-4-3-9-28-13-16/h2-9,11-13,15,23,30H,10,14H2,1H3/t15-,23+/m0/s1. The second-order valence-electron chi connectivity index (χ2n) is 8.30. The van der Waals surface area contributed by atoms with Crippen molar-refractivity contribution in [1.29, 1.82) is 0 Å². The summed E-state index contributed by atoms with van der Waals surface area (Å²) in [5, 5.41) is 11.8. The van der Waals surface area contributed by atoms with Crippen LogP contribution in [0.3, 0.4) is 0 Å². The topological polar surface area (TPSA) is 79.7 Å². The minimum atomic E-state index is -0.785. The Morgan fingerprint density at radius 1 is 1.18 bits per heavy atom. The highest BCUT2D eigenvalue weighted by Crippen LogP contribution is 2.41. The first-order valence-corrected chi connectivity index (χ1v) is 11.0. The van der Waals surface area contributed by atoms with E-state index in [1.54, 1.807) is 54.9 Å². The van der Waals surface area contributed by atoms with Gasteiger partial charge in [-0.25, -0.2) is 0 Å². The first kappa shape index (κ1) is 21.2. The molecule has 7 heteroatoms. The van der Waals surface area contributed by atoms with Crippen molar-refractivity contribution in [3.05, 3.63) is 99.8 Å². The maximum atomic E-state index is 13.2. The van der Waals surface area contributed by atoms with Gasteiger partial charge < -0.3 is 14.7 Å². The maximum absolute atomic E-state index is 13.2. The molecule has 33 heavy (non-hydrogen) atoms. The van der Waals surface area contributed by atoms with Gasteiger partial charge in [-0.3, -0.25) is 14.6 Å². The van der Waals surface area contributed by atoms with Crippen LogP contribution in [-0.2, 0) is 22.6 Å². The lowest BCUT2D eigenvalue weighted by atomic mass is 9.94. The smallest absolute Gasteiger partial charge is 0.295 e. The first-order valence-electron chi connectivity index (χ1n) is 10.6. The number of aliphatic hydroxyl groups is 1. The van der Waals surface area contributed by atoms with Crippen LogP contribution < -0.4 is 4.74 Å². The van der Waals surface area contributed by atoms with Crippen LogP contribution in [0, 0.1) is 0 Å². The first-order chi connectivity index (χ1) is 15.9. The number of hydrogen-bond donors (Lipinski definition) is 1. The Labute approximate surface area is 196 Å². The van der Waals surface area contributed by atoms with Crippen LogP contribution in [0.15, 0.2) is 72.6 Å². The molecule has 2 aromatic carbocycles. The second-order valence-corrected chi connectivity index (χ2v) is 8.73. The third-order valence-electron chi connectivity index (χ3n) is 5.95. The zero-order valence-electron chi connectivity index (χ0n) is 17.9. The number of rotatable bonds is 4. The lowest BCUT2D eigenvalue weighted by Crippen LogP contribution is -2.29. The molecule has 0 bridgehead atoms. The summed E-state index contributed by atoms with van der Waals surface area (Å²) >= 11 is 6.24. The number of Topliss-reactive ketones (excluding diaryl/α,β-unsaturated/α-hetero) is 1. The highest BCUT2D eigenvalue weighted by molar-refractivity contribution is 6.46. The zero-order chi connectivity index (χ0) is 23.1. The number of aromatic nitrogens is 1. The Kier molecular flexibility index (Phi) is 5.38. The Balaban J connectivity index is 1.64. The van der Waals surface area contributed by atoms with Crippen LogP contribution in [0.25, 0.3) is 5.76 Å². The zero-order valence-corrected chi connectivity index (χ0v) is 18.6. The van der Waals surface area contributed by atoms with E-state index < -0.39 is 17.7 Å². The molecule has 2 atom stereocenters. The molecule has 1 N–H and O–H groups in total. The molecule has 1 amide bonds. The van der Waals surface area contributed by atoms with Gasteiger partial charge in [-0.05, 0) is 60.0 Å². The van der Waals surface area contributed by atoms with Crippen molar-refractivity contribution in [3.8, 4) is 5.75 Å². The predicted molar refractivity (Wildman–Crippen MR) is 124 cm³/mol. The van der Waals surface area contributed by atoms with Crippen molar-refractivity contribution < 1.29 is 19.4 Å². The number of benzene rings is 2. The van der Waals surface area contributed by atoms with E-state index in [9.17, 15) is 14.7 Å². The fourth-order valence-corrected chi connectivity index (χ4v) is 4.68. The van der Waals surface area contributed by atoms with Gasteiger partial charge in [0.15, 0.2) is 0 Å². The predicted octanol–water partition coefficient (Wildman–Crippen LogP) is 4.68. The van der Waals surface area contributed by atoms with E-state index in [4.69, 9.17) is 16.3 Å². The van der Waals surface area contributed by atoms with Gasteiger partial charge in [-0.2, -0.15) is 0 Å². The van der Waals surface area contributed by atoms with Crippen molar-refractivity contribution in [2.75, 3.05) is 0 Å². The number of amides is 1. The highest BCUT2D eigenvalue weighted by atomic mass is 35.5. The van der Waals surface area contributed by atoms with Gasteiger partial charge in [0.05, 0.1) is 11.6 Å². The molecule has 3 heterocycles. The van der Waals surface area contributed by atoms with Crippen molar-refractivity contribution in [2.24, 2.45) is 0 Å². The Hall–Kier alpha value is -3.64. The van der Waals surface area contributed by atoms with Gasteiger partial charge >= 0.3 is 0 Å². The third-order valence-corrected chi connectivity index (χ3v) is 6.18. The number of pyridine rings is 1. The van der Waals surface area contributed by atoms with Gasteiger partial charge in [0.25, 0.3) is 11.7 Å². The summed E-state index contributed by atoms with van der Waals surface area (Å²) in [6.07, 6.45) is 4.05. The van der Waals surface area contributed by atoms with Crippen LogP contribution in [-0.4, -0.2) is 32.8 Å². The number of likely N-dealkylation sites (tertiary alicyclic amines) is 1. The fourth-order valence-electron chi connectivity index (χ4n) is 4.48. The molecular formula is C26H21ClN2O4. The molecular weight excluding hydrogens is 440 g/mol. The summed E-state index contributed by atoms with van der Waals surface area (Å²) in [4.78, 5) is 31.9. The van der Waals surface area contributed by atoms with Crippen molar-refractivity contribution >= 4 is 29.1 Å². The number of nitrogens with zero attached hydrogens (tertiary/aromatic N) is 2. The fraction of sp³-hybridized carbons (Fsp3) is 0.192. The molecule has 3 aromatic rings. The normalized spacial score (nSPS) is 21.2. The van der Waals surface area contributed by atoms with Gasteiger partial charge in [0.1, 0.15) is 17.6 Å². The van der Waals surface area contributed by atoms with Crippen LogP contribution in [0.4, 0.5) is 0 Å². The third kappa shape index (κ3) is 3.87. The number of carbonyl (C=O) groups excluding carboxylic acids is 2. The SMILES string of the molecule is C[C@H]1Cc2cc(C(O)=C3C(=O)C(=O)N(Cc4cccnc4)[C@@H]3c3cccc(Cl)c3)ccc2O1. The van der Waals surface area contributed by atoms with E-state index in [-0.39, 0.29) is 24.0 Å². The number of carbonyl (C=O) groups is 2. The van der Waals surface area contributed by atoms with E-state index in [2.05, 4.69) is 4.98 Å². The monoisotopic (exact) mass is 460 g/mol. The van der Waals surface area contributed by atoms with Crippen LogP contribution in [0.2, 0.25) is 5.02 Å². The van der Waals surface area contributed by atoms with Crippen LogP contribution >= 0.6 is 11.6 Å². The Bertz CT molecular complexity index is 1290. The van der Waals surface area contributed by atoms with Gasteiger partial charge in [0.2, 0.25) is 0 Å². The van der Waals surface area contributed by atoms with Crippen molar-refractivity contribution in [1.82, 2.24) is 9.88 Å². The molecule has 1 saturated heterocycles. The van der Waals surface area contributed by atoms with Crippen molar-refractivity contribution in [3.63, 3.8) is 0 Å². The molecule has 0 spiro atoms. The number of halogens is 1. The largest absolute Gasteiger partial charge is 0.507 e. The maximum Gasteiger partial charge on any atom is 0.295 e. The van der Waals surface area contributed by atoms with E-state index >= 15 is 0 Å². The van der Waals surface area contributed by atoms with E-state index in [0.29, 0.717) is 22.6 Å². The number of hydrogen-bond acceptors (Lipinski definition) is 5. The molecule has 166 valence electrons. The minimum Gasteiger partial charge on any atom is -0.507 e. The van der Waals surface area contributed by atoms with E-state index in [1.165, 1.54) is 4.90 Å². The highest BCUT2D eigenvalue weighted by Gasteiger charge is 2.46. The lowest BCUT2D eigenvalue weighted by molar-refractivity contribution is -0.140. The molecule has 2 aliphatic rings. The molecule has 0 radical (unpaired) electrons. The van der Waals surface area contributed by atoms with E-state index in [0.717, 1.165) is 16.9 Å². The second kappa shape index (κ2) is 8.37. The molecule has 1 fully saturated rings. The minimum absolute atomic E-state index is 0.0399. The van der Waals surface area contributed by atoms with Crippen LogP contribution in [0.5, 0.6) is 5.75 Å². The summed E-state index contributed by atoms with van der Waals surface area (Å²) in [7, 11) is 0. The molecule has 2 aliphatic heterocycles. The van der Waals surface area contributed by atoms with Crippen molar-refractivity contribution in [2.45, 2.75) is 32.0 Å². The van der Waals surface area contributed by atoms with Gasteiger partial charge in [0, 0.05) is 35.9 Å². The number of fused-ring (bicyclic) bond motifs is 1. The number of ether oxygens (including phenoxy) is 1. The molecule has 0 unspecified atom stereocenters. The van der Waals surface area contributed by atoms with Gasteiger partial charge in [-0.1, -0.05) is 29.8 Å². The summed E-state index contributed by atoms with van der Waals surface area (Å²) < 4.78 is 5.74. The molecule has 0 aliphatic carbocycles. The van der Waals surface area contributed by atoms with Gasteiger partial charge in [-0.15, -0.1) is 0 Å². The number of aliphatic hydroxyl groups excluding tert-OH is 1.